The number of rotatable bonds is 5. The van der Waals surface area contributed by atoms with Gasteiger partial charge in [0.15, 0.2) is 0 Å². The van der Waals surface area contributed by atoms with Crippen molar-refractivity contribution in [2.45, 2.75) is 45.6 Å². The molecule has 0 saturated carbocycles. The Labute approximate surface area is 224 Å². The van der Waals surface area contributed by atoms with Crippen LogP contribution in [0.1, 0.15) is 36.0 Å². The molecule has 2 aliphatic heterocycles. The van der Waals surface area contributed by atoms with Crippen LogP contribution in [0, 0.1) is 6.92 Å². The van der Waals surface area contributed by atoms with Gasteiger partial charge in [-0.2, -0.15) is 0 Å². The first kappa shape index (κ1) is 24.1. The van der Waals surface area contributed by atoms with Gasteiger partial charge in [0, 0.05) is 50.8 Å². The number of ether oxygens (including phenoxy) is 1. The van der Waals surface area contributed by atoms with Crippen LogP contribution < -0.4 is 15.8 Å². The first-order valence-corrected chi connectivity index (χ1v) is 13.9. The van der Waals surface area contributed by atoms with Gasteiger partial charge in [-0.15, -0.1) is 0 Å². The van der Waals surface area contributed by atoms with E-state index in [2.05, 4.69) is 68.5 Å². The molecule has 4 heterocycles. The van der Waals surface area contributed by atoms with E-state index in [1.54, 1.807) is 35.9 Å². The number of anilines is 2. The summed E-state index contributed by atoms with van der Waals surface area (Å²) in [5.74, 6) is 0. The van der Waals surface area contributed by atoms with Gasteiger partial charge < -0.3 is 19.9 Å². The SMILES string of the molecule is Cc1cncc(C(C)Nc2ccc3c(c2)Sc2cccc(C4CN(c5ccc[nH]c5=O)CCO4)c2S3)n1. The molecule has 0 amide bonds. The molecular formula is C28H27N5O2S2. The Balaban J connectivity index is 1.22. The number of benzene rings is 2. The second-order valence-electron chi connectivity index (χ2n) is 9.18. The summed E-state index contributed by atoms with van der Waals surface area (Å²) in [5, 5.41) is 3.57. The van der Waals surface area contributed by atoms with Crippen molar-refractivity contribution in [3.63, 3.8) is 0 Å². The molecule has 2 atom stereocenters. The van der Waals surface area contributed by atoms with Crippen molar-refractivity contribution in [2.24, 2.45) is 0 Å². The lowest BCUT2D eigenvalue weighted by atomic mass is 10.1. The Kier molecular flexibility index (Phi) is 6.67. The number of aromatic nitrogens is 3. The number of aryl methyl sites for hydroxylation is 1. The molecule has 4 aromatic rings. The quantitative estimate of drug-likeness (QED) is 0.294. The maximum absolute atomic E-state index is 12.4. The van der Waals surface area contributed by atoms with E-state index in [9.17, 15) is 4.79 Å². The summed E-state index contributed by atoms with van der Waals surface area (Å²) < 4.78 is 6.23. The van der Waals surface area contributed by atoms with Gasteiger partial charge in [-0.1, -0.05) is 35.7 Å². The fourth-order valence-corrected chi connectivity index (χ4v) is 7.15. The number of aromatic amines is 1. The molecule has 1 fully saturated rings. The highest BCUT2D eigenvalue weighted by Gasteiger charge is 2.29. The van der Waals surface area contributed by atoms with Crippen molar-refractivity contribution in [2.75, 3.05) is 29.9 Å². The Morgan fingerprint density at radius 2 is 2.03 bits per heavy atom. The van der Waals surface area contributed by atoms with E-state index >= 15 is 0 Å². The largest absolute Gasteiger partial charge is 0.377 e. The maximum atomic E-state index is 12.4. The topological polar surface area (TPSA) is 83.1 Å². The molecule has 0 radical (unpaired) electrons. The van der Waals surface area contributed by atoms with E-state index in [1.165, 1.54) is 25.1 Å². The number of nitrogens with one attached hydrogen (secondary N) is 2. The summed E-state index contributed by atoms with van der Waals surface area (Å²) in [4.78, 5) is 31.1. The molecule has 2 N–H and O–H groups in total. The summed E-state index contributed by atoms with van der Waals surface area (Å²) in [6.45, 7) is 5.98. The van der Waals surface area contributed by atoms with Crippen LogP contribution >= 0.6 is 23.5 Å². The van der Waals surface area contributed by atoms with Gasteiger partial charge in [-0.25, -0.2) is 0 Å². The normalized spacial score (nSPS) is 17.6. The molecule has 9 heteroatoms. The minimum Gasteiger partial charge on any atom is -0.377 e. The Bertz CT molecular complexity index is 1510. The molecule has 188 valence electrons. The summed E-state index contributed by atoms with van der Waals surface area (Å²) in [5.41, 5.74) is 4.70. The van der Waals surface area contributed by atoms with E-state index in [-0.39, 0.29) is 17.7 Å². The fourth-order valence-electron chi connectivity index (χ4n) is 4.70. The molecular weight excluding hydrogens is 502 g/mol. The first-order valence-electron chi connectivity index (χ1n) is 12.3. The molecule has 0 aliphatic carbocycles. The van der Waals surface area contributed by atoms with Gasteiger partial charge in [0.25, 0.3) is 5.56 Å². The Morgan fingerprint density at radius 3 is 2.89 bits per heavy atom. The van der Waals surface area contributed by atoms with E-state index < -0.39 is 0 Å². The zero-order chi connectivity index (χ0) is 25.4. The van der Waals surface area contributed by atoms with Crippen LogP contribution in [0.3, 0.4) is 0 Å². The first-order chi connectivity index (χ1) is 18.0. The molecule has 7 nitrogen and oxygen atoms in total. The van der Waals surface area contributed by atoms with Crippen LogP contribution in [0.25, 0.3) is 0 Å². The Morgan fingerprint density at radius 1 is 1.11 bits per heavy atom. The average Bonchev–Trinajstić information content (AvgIpc) is 2.92. The van der Waals surface area contributed by atoms with E-state index in [0.29, 0.717) is 25.4 Å². The predicted octanol–water partition coefficient (Wildman–Crippen LogP) is 5.84. The molecule has 2 aliphatic rings. The average molecular weight is 530 g/mol. The highest BCUT2D eigenvalue weighted by molar-refractivity contribution is 8.05. The minimum absolute atomic E-state index is 0.0498. The van der Waals surface area contributed by atoms with Gasteiger partial charge >= 0.3 is 0 Å². The lowest BCUT2D eigenvalue weighted by Gasteiger charge is -2.35. The van der Waals surface area contributed by atoms with Crippen molar-refractivity contribution < 1.29 is 4.74 Å². The van der Waals surface area contributed by atoms with Crippen LogP contribution in [0.2, 0.25) is 0 Å². The lowest BCUT2D eigenvalue weighted by molar-refractivity contribution is 0.0378. The minimum atomic E-state index is -0.102. The van der Waals surface area contributed by atoms with Crippen LogP contribution in [0.5, 0.6) is 0 Å². The number of hydrogen-bond acceptors (Lipinski definition) is 8. The highest BCUT2D eigenvalue weighted by Crippen LogP contribution is 2.51. The number of fused-ring (bicyclic) bond motifs is 2. The molecule has 0 bridgehead atoms. The molecule has 2 aromatic carbocycles. The molecule has 37 heavy (non-hydrogen) atoms. The zero-order valence-corrected chi connectivity index (χ0v) is 22.2. The highest BCUT2D eigenvalue weighted by atomic mass is 32.2. The van der Waals surface area contributed by atoms with Crippen molar-refractivity contribution in [1.29, 1.82) is 0 Å². The molecule has 6 rings (SSSR count). The van der Waals surface area contributed by atoms with Crippen molar-refractivity contribution >= 4 is 34.9 Å². The van der Waals surface area contributed by atoms with Crippen LogP contribution in [0.15, 0.2) is 91.5 Å². The lowest BCUT2D eigenvalue weighted by Crippen LogP contribution is -2.41. The number of H-pyrrole nitrogens is 1. The second-order valence-corrected chi connectivity index (χ2v) is 11.3. The van der Waals surface area contributed by atoms with Crippen molar-refractivity contribution in [3.05, 3.63) is 94.4 Å². The van der Waals surface area contributed by atoms with Gasteiger partial charge in [0.05, 0.1) is 30.2 Å². The van der Waals surface area contributed by atoms with E-state index in [1.807, 2.05) is 25.3 Å². The molecule has 0 spiro atoms. The van der Waals surface area contributed by atoms with Gasteiger partial charge in [0.1, 0.15) is 11.8 Å². The second kappa shape index (κ2) is 10.2. The third-order valence-electron chi connectivity index (χ3n) is 6.54. The Hall–Kier alpha value is -3.27. The number of morpholine rings is 1. The summed E-state index contributed by atoms with van der Waals surface area (Å²) in [6.07, 6.45) is 5.15. The zero-order valence-electron chi connectivity index (χ0n) is 20.6. The molecule has 2 aromatic heterocycles. The van der Waals surface area contributed by atoms with Gasteiger partial charge in [0.2, 0.25) is 0 Å². The standard InChI is InChI=1S/C28H27N5O2S2/c1-17-14-29-15-21(31-17)18(2)32-19-8-9-24-26(13-19)36-25-7-3-5-20(27(25)37-24)23-16-33(11-12-35-23)22-6-4-10-30-28(22)34/h3-10,13-15,18,23,32H,11-12,16H2,1-2H3,(H,30,34). The van der Waals surface area contributed by atoms with Crippen LogP contribution in [0.4, 0.5) is 11.4 Å². The number of nitrogens with zero attached hydrogens (tertiary/aromatic N) is 3. The summed E-state index contributed by atoms with van der Waals surface area (Å²) in [7, 11) is 0. The van der Waals surface area contributed by atoms with Crippen molar-refractivity contribution in [1.82, 2.24) is 15.0 Å². The fraction of sp³-hybridized carbons (Fsp3) is 0.250. The monoisotopic (exact) mass is 529 g/mol. The van der Waals surface area contributed by atoms with Crippen LogP contribution in [-0.4, -0.2) is 34.6 Å². The summed E-state index contributed by atoms with van der Waals surface area (Å²) in [6, 6.07) is 16.7. The van der Waals surface area contributed by atoms with Gasteiger partial charge in [-0.05, 0) is 55.8 Å². The number of pyridine rings is 1. The molecule has 2 unspecified atom stereocenters. The smallest absolute Gasteiger partial charge is 0.271 e. The van der Waals surface area contributed by atoms with E-state index in [0.717, 1.165) is 17.1 Å². The van der Waals surface area contributed by atoms with Crippen molar-refractivity contribution in [3.8, 4) is 0 Å². The van der Waals surface area contributed by atoms with Gasteiger partial charge in [-0.3, -0.25) is 14.8 Å². The third-order valence-corrected chi connectivity index (χ3v) is 9.15. The summed E-state index contributed by atoms with van der Waals surface area (Å²) >= 11 is 3.58. The predicted molar refractivity (Wildman–Crippen MR) is 148 cm³/mol. The number of hydrogen-bond donors (Lipinski definition) is 2. The third kappa shape index (κ3) is 4.99. The maximum Gasteiger partial charge on any atom is 0.271 e. The van der Waals surface area contributed by atoms with E-state index in [4.69, 9.17) is 4.74 Å². The molecule has 1 saturated heterocycles. The van der Waals surface area contributed by atoms with Crippen LogP contribution in [-0.2, 0) is 4.74 Å².